The van der Waals surface area contributed by atoms with Gasteiger partial charge in [-0.1, -0.05) is 42.5 Å². The van der Waals surface area contributed by atoms with Gasteiger partial charge in [-0.05, 0) is 55.1 Å². The molecule has 0 aromatic heterocycles. The lowest BCUT2D eigenvalue weighted by molar-refractivity contribution is 0.342. The summed E-state index contributed by atoms with van der Waals surface area (Å²) in [6.07, 6.45) is 2.36. The molecule has 0 spiro atoms. The highest BCUT2D eigenvalue weighted by atomic mass is 19.1. The zero-order valence-corrected chi connectivity index (χ0v) is 11.6. The van der Waals surface area contributed by atoms with Crippen molar-refractivity contribution in [3.8, 4) is 0 Å². The van der Waals surface area contributed by atoms with E-state index in [4.69, 9.17) is 0 Å². The number of hydrogen-bond donors (Lipinski definition) is 1. The Kier molecular flexibility index (Phi) is 4.12. The number of piperidine rings is 1. The summed E-state index contributed by atoms with van der Waals surface area (Å²) in [6.45, 7) is 2.16. The summed E-state index contributed by atoms with van der Waals surface area (Å²) in [7, 11) is 0. The molecule has 1 saturated heterocycles. The summed E-state index contributed by atoms with van der Waals surface area (Å²) < 4.78 is 13.2. The fourth-order valence-electron chi connectivity index (χ4n) is 3.24. The van der Waals surface area contributed by atoms with Gasteiger partial charge in [-0.15, -0.1) is 0 Å². The minimum atomic E-state index is -0.161. The number of nitrogens with one attached hydrogen (secondary N) is 1. The Morgan fingerprint density at radius 3 is 2.10 bits per heavy atom. The van der Waals surface area contributed by atoms with Crippen LogP contribution in [0.3, 0.4) is 0 Å². The molecule has 2 heteroatoms. The van der Waals surface area contributed by atoms with Gasteiger partial charge < -0.3 is 5.32 Å². The van der Waals surface area contributed by atoms with E-state index in [1.54, 1.807) is 12.1 Å². The van der Waals surface area contributed by atoms with Crippen molar-refractivity contribution in [1.29, 1.82) is 0 Å². The fraction of sp³-hybridized carbons (Fsp3) is 0.333. The maximum Gasteiger partial charge on any atom is 0.123 e. The average molecular weight is 269 g/mol. The Hall–Kier alpha value is -1.67. The van der Waals surface area contributed by atoms with Crippen molar-refractivity contribution in [1.82, 2.24) is 5.32 Å². The van der Waals surface area contributed by atoms with Gasteiger partial charge in [0.15, 0.2) is 0 Å². The topological polar surface area (TPSA) is 12.0 Å². The molecule has 0 bridgehead atoms. The highest BCUT2D eigenvalue weighted by Crippen LogP contribution is 2.36. The lowest BCUT2D eigenvalue weighted by Gasteiger charge is -2.31. The van der Waals surface area contributed by atoms with Gasteiger partial charge >= 0.3 is 0 Å². The molecule has 1 unspecified atom stereocenters. The van der Waals surface area contributed by atoms with Crippen molar-refractivity contribution in [2.45, 2.75) is 18.8 Å². The van der Waals surface area contributed by atoms with Gasteiger partial charge in [-0.25, -0.2) is 4.39 Å². The third-order valence-corrected chi connectivity index (χ3v) is 4.24. The quantitative estimate of drug-likeness (QED) is 0.889. The summed E-state index contributed by atoms with van der Waals surface area (Å²) in [5.41, 5.74) is 2.57. The lowest BCUT2D eigenvalue weighted by atomic mass is 9.76. The SMILES string of the molecule is Fc1ccc(C(c2ccccc2)C2CCNCC2)cc1. The summed E-state index contributed by atoms with van der Waals surface area (Å²) in [5.74, 6) is 0.842. The number of benzene rings is 2. The molecule has 1 aliphatic rings. The van der Waals surface area contributed by atoms with Crippen molar-refractivity contribution in [3.63, 3.8) is 0 Å². The zero-order chi connectivity index (χ0) is 13.8. The average Bonchev–Trinajstić information content (AvgIpc) is 2.52. The molecule has 104 valence electrons. The second-order valence-electron chi connectivity index (χ2n) is 5.53. The smallest absolute Gasteiger partial charge is 0.123 e. The van der Waals surface area contributed by atoms with E-state index in [0.29, 0.717) is 11.8 Å². The molecule has 1 heterocycles. The number of rotatable bonds is 3. The van der Waals surface area contributed by atoms with E-state index in [2.05, 4.69) is 29.6 Å². The maximum atomic E-state index is 13.2. The van der Waals surface area contributed by atoms with Gasteiger partial charge in [0.1, 0.15) is 5.82 Å². The largest absolute Gasteiger partial charge is 0.317 e. The molecule has 1 nitrogen and oxygen atoms in total. The van der Waals surface area contributed by atoms with E-state index in [-0.39, 0.29) is 5.82 Å². The first-order valence-electron chi connectivity index (χ1n) is 7.36. The van der Waals surface area contributed by atoms with Crippen LogP contribution in [0.5, 0.6) is 0 Å². The second kappa shape index (κ2) is 6.19. The molecule has 1 atom stereocenters. The van der Waals surface area contributed by atoms with Crippen molar-refractivity contribution >= 4 is 0 Å². The molecule has 0 aliphatic carbocycles. The van der Waals surface area contributed by atoms with Crippen LogP contribution in [-0.4, -0.2) is 13.1 Å². The van der Waals surface area contributed by atoms with Gasteiger partial charge in [0.2, 0.25) is 0 Å². The van der Waals surface area contributed by atoms with E-state index in [9.17, 15) is 4.39 Å². The van der Waals surface area contributed by atoms with Crippen molar-refractivity contribution in [3.05, 3.63) is 71.5 Å². The Morgan fingerprint density at radius 2 is 1.45 bits per heavy atom. The molecule has 0 amide bonds. The second-order valence-corrected chi connectivity index (χ2v) is 5.53. The van der Waals surface area contributed by atoms with Crippen molar-refractivity contribution in [2.75, 3.05) is 13.1 Å². The van der Waals surface area contributed by atoms with Crippen LogP contribution in [0.15, 0.2) is 54.6 Å². The summed E-state index contributed by atoms with van der Waals surface area (Å²) in [6, 6.07) is 17.6. The third kappa shape index (κ3) is 2.91. The van der Waals surface area contributed by atoms with Crippen LogP contribution >= 0.6 is 0 Å². The molecule has 1 aliphatic heterocycles. The standard InChI is InChI=1S/C18H20FN/c19-17-8-6-15(7-9-17)18(14-4-2-1-3-5-14)16-10-12-20-13-11-16/h1-9,16,18,20H,10-13H2. The Balaban J connectivity index is 1.96. The Bertz CT molecular complexity index is 529. The van der Waals surface area contributed by atoms with Crippen LogP contribution in [0.2, 0.25) is 0 Å². The predicted octanol–water partition coefficient (Wildman–Crippen LogP) is 3.96. The minimum absolute atomic E-state index is 0.161. The normalized spacial score (nSPS) is 17.9. The summed E-state index contributed by atoms with van der Waals surface area (Å²) in [4.78, 5) is 0. The Morgan fingerprint density at radius 1 is 0.850 bits per heavy atom. The van der Waals surface area contributed by atoms with Crippen LogP contribution in [0.4, 0.5) is 4.39 Å². The number of halogens is 1. The first kappa shape index (κ1) is 13.3. The molecule has 20 heavy (non-hydrogen) atoms. The van der Waals surface area contributed by atoms with Crippen LogP contribution in [0.25, 0.3) is 0 Å². The first-order chi connectivity index (χ1) is 9.84. The van der Waals surface area contributed by atoms with E-state index in [1.807, 2.05) is 18.2 Å². The monoisotopic (exact) mass is 269 g/mol. The molecule has 3 rings (SSSR count). The highest BCUT2D eigenvalue weighted by molar-refractivity contribution is 5.33. The van der Waals surface area contributed by atoms with E-state index in [1.165, 1.54) is 24.0 Å². The van der Waals surface area contributed by atoms with Crippen LogP contribution < -0.4 is 5.32 Å². The van der Waals surface area contributed by atoms with Crippen molar-refractivity contribution in [2.24, 2.45) is 5.92 Å². The van der Waals surface area contributed by atoms with Gasteiger partial charge in [0.25, 0.3) is 0 Å². The minimum Gasteiger partial charge on any atom is -0.317 e. The van der Waals surface area contributed by atoms with Crippen LogP contribution in [0.1, 0.15) is 29.9 Å². The zero-order valence-electron chi connectivity index (χ0n) is 11.6. The van der Waals surface area contributed by atoms with Crippen molar-refractivity contribution < 1.29 is 4.39 Å². The van der Waals surface area contributed by atoms with Crippen LogP contribution in [0, 0.1) is 11.7 Å². The van der Waals surface area contributed by atoms with Gasteiger partial charge in [-0.2, -0.15) is 0 Å². The Labute approximate surface area is 119 Å². The molecular weight excluding hydrogens is 249 g/mol. The van der Waals surface area contributed by atoms with E-state index >= 15 is 0 Å². The van der Waals surface area contributed by atoms with Gasteiger partial charge in [-0.3, -0.25) is 0 Å². The lowest BCUT2D eigenvalue weighted by Crippen LogP contribution is -2.31. The summed E-state index contributed by atoms with van der Waals surface area (Å²) >= 11 is 0. The van der Waals surface area contributed by atoms with Gasteiger partial charge in [0, 0.05) is 5.92 Å². The molecule has 0 saturated carbocycles. The molecular formula is C18H20FN. The fourth-order valence-corrected chi connectivity index (χ4v) is 3.24. The van der Waals surface area contributed by atoms with E-state index in [0.717, 1.165) is 13.1 Å². The summed E-state index contributed by atoms with van der Waals surface area (Å²) in [5, 5.41) is 3.42. The van der Waals surface area contributed by atoms with Gasteiger partial charge in [0.05, 0.1) is 0 Å². The first-order valence-corrected chi connectivity index (χ1v) is 7.36. The molecule has 2 aromatic carbocycles. The van der Waals surface area contributed by atoms with Crippen LogP contribution in [-0.2, 0) is 0 Å². The molecule has 1 fully saturated rings. The predicted molar refractivity (Wildman–Crippen MR) is 80.3 cm³/mol. The maximum absolute atomic E-state index is 13.2. The highest BCUT2D eigenvalue weighted by Gasteiger charge is 2.26. The number of hydrogen-bond acceptors (Lipinski definition) is 1. The van der Waals surface area contributed by atoms with E-state index < -0.39 is 0 Å². The molecule has 1 N–H and O–H groups in total. The third-order valence-electron chi connectivity index (χ3n) is 4.24. The molecule has 0 radical (unpaired) electrons. The molecule has 2 aromatic rings.